The molecule has 21 heavy (non-hydrogen) atoms. The summed E-state index contributed by atoms with van der Waals surface area (Å²) in [6.45, 7) is 6.33. The van der Waals surface area contributed by atoms with E-state index in [1.165, 1.54) is 58.4 Å². The summed E-state index contributed by atoms with van der Waals surface area (Å²) in [5.74, 6) is 0.885. The average molecular weight is 296 g/mol. The topological polar surface area (TPSA) is 24.9 Å². The monoisotopic (exact) mass is 296 g/mol. The van der Waals surface area contributed by atoms with Crippen LogP contribution in [0.4, 0.5) is 0 Å². The Morgan fingerprint density at radius 1 is 0.952 bits per heavy atom. The Balaban J connectivity index is 1.31. The predicted octanol–water partition coefficient (Wildman–Crippen LogP) is 1.99. The van der Waals surface area contributed by atoms with Crippen molar-refractivity contribution < 1.29 is 9.47 Å². The molecule has 4 heteroatoms. The lowest BCUT2D eigenvalue weighted by atomic mass is 9.91. The van der Waals surface area contributed by atoms with Gasteiger partial charge in [0.2, 0.25) is 0 Å². The molecule has 0 unspecified atom stereocenters. The lowest BCUT2D eigenvalue weighted by Crippen LogP contribution is -2.45. The Hall–Kier alpha value is -0.160. The molecule has 0 N–H and O–H groups in total. The average Bonchev–Trinajstić information content (AvgIpc) is 2.44. The Labute approximate surface area is 129 Å². The number of hydrogen-bond acceptors (Lipinski definition) is 4. The van der Waals surface area contributed by atoms with Crippen LogP contribution in [-0.2, 0) is 9.47 Å². The van der Waals surface area contributed by atoms with Crippen molar-refractivity contribution >= 4 is 0 Å². The zero-order valence-electron chi connectivity index (χ0n) is 13.8. The predicted molar refractivity (Wildman–Crippen MR) is 84.6 cm³/mol. The molecule has 1 saturated carbocycles. The van der Waals surface area contributed by atoms with Crippen LogP contribution in [0.3, 0.4) is 0 Å². The quantitative estimate of drug-likeness (QED) is 0.774. The first kappa shape index (κ1) is 15.7. The molecular weight excluding hydrogens is 264 g/mol. The van der Waals surface area contributed by atoms with Crippen molar-refractivity contribution in [2.75, 3.05) is 46.9 Å². The van der Waals surface area contributed by atoms with E-state index in [4.69, 9.17) is 9.47 Å². The molecule has 0 aromatic carbocycles. The van der Waals surface area contributed by atoms with Crippen molar-refractivity contribution in [2.45, 2.75) is 56.8 Å². The van der Waals surface area contributed by atoms with Crippen LogP contribution >= 0.6 is 0 Å². The van der Waals surface area contributed by atoms with Gasteiger partial charge in [0.05, 0.1) is 18.3 Å². The number of piperidine rings is 2. The van der Waals surface area contributed by atoms with E-state index >= 15 is 0 Å². The summed E-state index contributed by atoms with van der Waals surface area (Å²) in [6, 6.07) is 0. The van der Waals surface area contributed by atoms with Gasteiger partial charge in [0.25, 0.3) is 0 Å². The van der Waals surface area contributed by atoms with Crippen LogP contribution in [0.2, 0.25) is 0 Å². The van der Waals surface area contributed by atoms with Gasteiger partial charge >= 0.3 is 0 Å². The molecule has 122 valence electrons. The molecule has 0 aromatic heterocycles. The number of hydrogen-bond donors (Lipinski definition) is 0. The van der Waals surface area contributed by atoms with Gasteiger partial charge in [0.15, 0.2) is 0 Å². The minimum atomic E-state index is 0.457. The van der Waals surface area contributed by atoms with E-state index in [1.807, 2.05) is 7.11 Å². The van der Waals surface area contributed by atoms with Crippen LogP contribution in [0.5, 0.6) is 0 Å². The maximum absolute atomic E-state index is 6.20. The highest BCUT2D eigenvalue weighted by Crippen LogP contribution is 2.29. The summed E-state index contributed by atoms with van der Waals surface area (Å²) in [4.78, 5) is 5.16. The Morgan fingerprint density at radius 2 is 1.71 bits per heavy atom. The maximum atomic E-state index is 6.20. The van der Waals surface area contributed by atoms with Gasteiger partial charge < -0.3 is 19.3 Å². The Bertz CT molecular complexity index is 312. The number of nitrogens with zero attached hydrogens (tertiary/aromatic N) is 2. The third-order valence-electron chi connectivity index (χ3n) is 5.54. The molecule has 3 fully saturated rings. The van der Waals surface area contributed by atoms with Crippen LogP contribution in [0, 0.1) is 5.92 Å². The third kappa shape index (κ3) is 4.41. The lowest BCUT2D eigenvalue weighted by Gasteiger charge is -2.40. The van der Waals surface area contributed by atoms with Gasteiger partial charge in [0.1, 0.15) is 0 Å². The van der Waals surface area contributed by atoms with Crippen molar-refractivity contribution in [1.82, 2.24) is 9.80 Å². The van der Waals surface area contributed by atoms with Crippen LogP contribution < -0.4 is 0 Å². The molecule has 1 aliphatic carbocycles. The van der Waals surface area contributed by atoms with Gasteiger partial charge in [0, 0.05) is 33.3 Å². The lowest BCUT2D eigenvalue weighted by molar-refractivity contribution is -0.126. The van der Waals surface area contributed by atoms with Gasteiger partial charge in [-0.05, 0) is 58.0 Å². The highest BCUT2D eigenvalue weighted by molar-refractivity contribution is 4.84. The molecule has 3 rings (SSSR count). The number of methoxy groups -OCH3 is 1. The van der Waals surface area contributed by atoms with Gasteiger partial charge in [-0.25, -0.2) is 0 Å². The highest BCUT2D eigenvalue weighted by atomic mass is 16.5. The fourth-order valence-corrected chi connectivity index (χ4v) is 4.11. The van der Waals surface area contributed by atoms with E-state index in [9.17, 15) is 0 Å². The zero-order valence-corrected chi connectivity index (χ0v) is 13.8. The van der Waals surface area contributed by atoms with E-state index in [1.54, 1.807) is 0 Å². The molecule has 2 saturated heterocycles. The van der Waals surface area contributed by atoms with Crippen LogP contribution in [0.25, 0.3) is 0 Å². The van der Waals surface area contributed by atoms with Crippen molar-refractivity contribution in [3.8, 4) is 0 Å². The summed E-state index contributed by atoms with van der Waals surface area (Å²) in [6.07, 6.45) is 8.86. The zero-order chi connectivity index (χ0) is 14.7. The molecule has 0 radical (unpaired) electrons. The van der Waals surface area contributed by atoms with Crippen LogP contribution in [0.1, 0.15) is 38.5 Å². The molecule has 0 amide bonds. The molecule has 0 spiro atoms. The minimum Gasteiger partial charge on any atom is -0.381 e. The van der Waals surface area contributed by atoms with Gasteiger partial charge in [-0.1, -0.05) is 0 Å². The van der Waals surface area contributed by atoms with Gasteiger partial charge in [-0.3, -0.25) is 0 Å². The minimum absolute atomic E-state index is 0.457. The van der Waals surface area contributed by atoms with E-state index in [0.29, 0.717) is 18.3 Å². The van der Waals surface area contributed by atoms with Crippen molar-refractivity contribution in [3.05, 3.63) is 0 Å². The molecule has 0 bridgehead atoms. The molecule has 1 atom stereocenters. The summed E-state index contributed by atoms with van der Waals surface area (Å²) >= 11 is 0. The second kappa shape index (κ2) is 7.40. The fourth-order valence-electron chi connectivity index (χ4n) is 4.11. The second-order valence-corrected chi connectivity index (χ2v) is 7.36. The van der Waals surface area contributed by atoms with Gasteiger partial charge in [-0.2, -0.15) is 0 Å². The summed E-state index contributed by atoms with van der Waals surface area (Å²) in [7, 11) is 4.07. The third-order valence-corrected chi connectivity index (χ3v) is 5.54. The van der Waals surface area contributed by atoms with E-state index in [-0.39, 0.29) is 0 Å². The van der Waals surface area contributed by atoms with E-state index in [0.717, 1.165) is 18.8 Å². The molecule has 0 aromatic rings. The first-order valence-corrected chi connectivity index (χ1v) is 8.82. The fraction of sp³-hybridized carbons (Fsp3) is 1.00. The molecule has 4 nitrogen and oxygen atoms in total. The summed E-state index contributed by atoms with van der Waals surface area (Å²) < 4.78 is 11.5. The maximum Gasteiger partial charge on any atom is 0.0628 e. The normalized spacial score (nSPS) is 36.6. The highest BCUT2D eigenvalue weighted by Gasteiger charge is 2.33. The smallest absolute Gasteiger partial charge is 0.0628 e. The van der Waals surface area contributed by atoms with E-state index < -0.39 is 0 Å². The Morgan fingerprint density at radius 3 is 2.38 bits per heavy atom. The molecule has 2 heterocycles. The Kier molecular flexibility index (Phi) is 5.54. The summed E-state index contributed by atoms with van der Waals surface area (Å²) in [5, 5.41) is 0. The van der Waals surface area contributed by atoms with Crippen LogP contribution in [-0.4, -0.2) is 75.0 Å². The molecule has 3 aliphatic rings. The SMILES string of the molecule is COC1CC(OC2CCN(C[C@@H]3CCCN(C)C3)CC2)C1. The van der Waals surface area contributed by atoms with Gasteiger partial charge in [-0.15, -0.1) is 0 Å². The number of likely N-dealkylation sites (tertiary alicyclic amines) is 2. The first-order chi connectivity index (χ1) is 10.2. The van der Waals surface area contributed by atoms with E-state index in [2.05, 4.69) is 16.8 Å². The van der Waals surface area contributed by atoms with Crippen molar-refractivity contribution in [3.63, 3.8) is 0 Å². The largest absolute Gasteiger partial charge is 0.381 e. The first-order valence-electron chi connectivity index (χ1n) is 8.82. The number of ether oxygens (including phenoxy) is 2. The number of rotatable bonds is 5. The summed E-state index contributed by atoms with van der Waals surface area (Å²) in [5.41, 5.74) is 0. The molecule has 2 aliphatic heterocycles. The second-order valence-electron chi connectivity index (χ2n) is 7.36. The standard InChI is InChI=1S/C17H32N2O2/c1-18-7-3-4-14(12-18)13-19-8-5-15(6-9-19)21-17-10-16(11-17)20-2/h14-17H,3-13H2,1-2H3/t14-,16?,17?/m1/s1. The van der Waals surface area contributed by atoms with Crippen molar-refractivity contribution in [1.29, 1.82) is 0 Å². The van der Waals surface area contributed by atoms with Crippen LogP contribution in [0.15, 0.2) is 0 Å². The molecular formula is C17H32N2O2. The van der Waals surface area contributed by atoms with Crippen molar-refractivity contribution in [2.24, 2.45) is 5.92 Å².